The minimum absolute atomic E-state index is 0.0742. The van der Waals surface area contributed by atoms with E-state index < -0.39 is 34.7 Å². The summed E-state index contributed by atoms with van der Waals surface area (Å²) in [6, 6.07) is 9.78. The second kappa shape index (κ2) is 8.28. The number of anilines is 1. The molecule has 0 aliphatic rings. The van der Waals surface area contributed by atoms with Gasteiger partial charge in [0.2, 0.25) is 0 Å². The first-order valence-electron chi connectivity index (χ1n) is 8.86. The van der Waals surface area contributed by atoms with Gasteiger partial charge in [-0.15, -0.1) is 0 Å². The Morgan fingerprint density at radius 2 is 1.63 bits per heavy atom. The molecule has 0 radical (unpaired) electrons. The van der Waals surface area contributed by atoms with Crippen LogP contribution in [0.5, 0.6) is 0 Å². The van der Waals surface area contributed by atoms with E-state index in [0.717, 1.165) is 18.2 Å². The van der Waals surface area contributed by atoms with Crippen molar-refractivity contribution in [2.45, 2.75) is 12.8 Å². The lowest BCUT2D eigenvalue weighted by molar-refractivity contribution is -0.136. The molecule has 3 rings (SSSR count). The molecule has 1 heterocycles. The van der Waals surface area contributed by atoms with Crippen LogP contribution in [-0.2, 0) is 11.2 Å². The molecule has 8 heteroatoms. The van der Waals surface area contributed by atoms with Gasteiger partial charge >= 0.3 is 5.97 Å². The third kappa shape index (κ3) is 4.12. The van der Waals surface area contributed by atoms with Crippen molar-refractivity contribution < 1.29 is 23.1 Å². The quantitative estimate of drug-likeness (QED) is 0.640. The van der Waals surface area contributed by atoms with Crippen LogP contribution in [-0.4, -0.2) is 15.6 Å². The average Bonchev–Trinajstić information content (AvgIpc) is 2.68. The average molecular weight is 414 g/mol. The summed E-state index contributed by atoms with van der Waals surface area (Å²) in [7, 11) is 0. The Balaban J connectivity index is 2.10. The molecule has 1 aromatic heterocycles. The first-order chi connectivity index (χ1) is 14.2. The lowest BCUT2D eigenvalue weighted by atomic mass is 10.00. The van der Waals surface area contributed by atoms with Crippen molar-refractivity contribution in [3.63, 3.8) is 0 Å². The van der Waals surface area contributed by atoms with Crippen LogP contribution in [0.2, 0.25) is 0 Å². The van der Waals surface area contributed by atoms with Gasteiger partial charge in [-0.1, -0.05) is 18.7 Å². The number of aliphatic carboxylic acids is 1. The Morgan fingerprint density at radius 3 is 2.20 bits per heavy atom. The van der Waals surface area contributed by atoms with Gasteiger partial charge in [0.05, 0.1) is 0 Å². The second-order valence-corrected chi connectivity index (χ2v) is 6.59. The number of nitrogens with two attached hydrogens (primary N) is 1. The van der Waals surface area contributed by atoms with Gasteiger partial charge in [0.25, 0.3) is 5.56 Å². The fourth-order valence-corrected chi connectivity index (χ4v) is 3.07. The molecule has 0 fully saturated rings. The van der Waals surface area contributed by atoms with Crippen LogP contribution in [0.25, 0.3) is 11.3 Å². The normalized spacial score (nSPS) is 10.8. The van der Waals surface area contributed by atoms with E-state index in [-0.39, 0.29) is 29.8 Å². The highest BCUT2D eigenvalue weighted by atomic mass is 19.1. The Labute approximate surface area is 169 Å². The standard InChI is InChI=1S/C22H17F3N2O3/c1-12(14-3-5-15(23)6-4-14)16-7-8-19(28)27(22(16)26)21-17(24)10-13(11-18(21)25)2-9-20(29)30/h3-8,10-11H,1-2,9,26H2,(H,29,30). The Kier molecular flexibility index (Phi) is 5.77. The number of nitrogen functional groups attached to an aromatic ring is 1. The maximum Gasteiger partial charge on any atom is 0.303 e. The van der Waals surface area contributed by atoms with Crippen molar-refractivity contribution in [2.24, 2.45) is 0 Å². The lowest BCUT2D eigenvalue weighted by Gasteiger charge is -2.17. The number of carboxylic acid groups (broad SMARTS) is 1. The summed E-state index contributed by atoms with van der Waals surface area (Å²) in [6.45, 7) is 3.89. The van der Waals surface area contributed by atoms with E-state index in [4.69, 9.17) is 10.8 Å². The third-order valence-corrected chi connectivity index (χ3v) is 4.58. The molecule has 0 amide bonds. The van der Waals surface area contributed by atoms with Crippen LogP contribution in [0.4, 0.5) is 19.0 Å². The van der Waals surface area contributed by atoms with Gasteiger partial charge in [-0.05, 0) is 53.5 Å². The zero-order valence-corrected chi connectivity index (χ0v) is 15.7. The van der Waals surface area contributed by atoms with Gasteiger partial charge < -0.3 is 10.8 Å². The maximum atomic E-state index is 14.7. The van der Waals surface area contributed by atoms with Crippen molar-refractivity contribution in [2.75, 3.05) is 5.73 Å². The van der Waals surface area contributed by atoms with Gasteiger partial charge in [-0.25, -0.2) is 13.2 Å². The third-order valence-electron chi connectivity index (χ3n) is 4.58. The minimum Gasteiger partial charge on any atom is -0.481 e. The Hall–Kier alpha value is -3.81. The number of carbonyl (C=O) groups is 1. The predicted octanol–water partition coefficient (Wildman–Crippen LogP) is 3.92. The molecular weight excluding hydrogens is 397 g/mol. The van der Waals surface area contributed by atoms with Crippen LogP contribution in [0.15, 0.2) is 59.9 Å². The smallest absolute Gasteiger partial charge is 0.303 e. The molecule has 0 saturated carbocycles. The molecule has 30 heavy (non-hydrogen) atoms. The molecule has 2 aromatic carbocycles. The summed E-state index contributed by atoms with van der Waals surface area (Å²) >= 11 is 0. The van der Waals surface area contributed by atoms with Crippen LogP contribution in [0, 0.1) is 17.5 Å². The fourth-order valence-electron chi connectivity index (χ4n) is 3.07. The highest BCUT2D eigenvalue weighted by Crippen LogP contribution is 2.29. The van der Waals surface area contributed by atoms with Crippen LogP contribution in [0.1, 0.15) is 23.1 Å². The number of aromatic nitrogens is 1. The molecule has 0 unspecified atom stereocenters. The molecule has 5 nitrogen and oxygen atoms in total. The molecular formula is C22H17F3N2O3. The summed E-state index contributed by atoms with van der Waals surface area (Å²) in [5.41, 5.74) is 5.86. The zero-order valence-electron chi connectivity index (χ0n) is 15.7. The van der Waals surface area contributed by atoms with E-state index in [2.05, 4.69) is 6.58 Å². The highest BCUT2D eigenvalue weighted by Gasteiger charge is 2.20. The first kappa shape index (κ1) is 20.9. The van der Waals surface area contributed by atoms with Crippen molar-refractivity contribution in [3.8, 4) is 5.69 Å². The van der Waals surface area contributed by atoms with Crippen LogP contribution < -0.4 is 11.3 Å². The number of rotatable bonds is 6. The van der Waals surface area contributed by atoms with Gasteiger partial charge in [-0.2, -0.15) is 0 Å². The molecule has 0 atom stereocenters. The summed E-state index contributed by atoms with van der Waals surface area (Å²) in [5, 5.41) is 8.73. The number of benzene rings is 2. The van der Waals surface area contributed by atoms with E-state index in [1.54, 1.807) is 0 Å². The maximum absolute atomic E-state index is 14.7. The predicted molar refractivity (Wildman–Crippen MR) is 107 cm³/mol. The number of hydrogen-bond donors (Lipinski definition) is 2. The zero-order chi connectivity index (χ0) is 22.0. The van der Waals surface area contributed by atoms with Crippen molar-refractivity contribution in [3.05, 3.63) is 99.6 Å². The van der Waals surface area contributed by atoms with Crippen molar-refractivity contribution in [1.82, 2.24) is 4.57 Å². The topological polar surface area (TPSA) is 85.3 Å². The Morgan fingerprint density at radius 1 is 1.03 bits per heavy atom. The summed E-state index contributed by atoms with van der Waals surface area (Å²) in [4.78, 5) is 23.1. The minimum atomic E-state index is -1.10. The fraction of sp³-hybridized carbons (Fsp3) is 0.0909. The van der Waals surface area contributed by atoms with E-state index in [0.29, 0.717) is 15.7 Å². The number of pyridine rings is 1. The van der Waals surface area contributed by atoms with Gasteiger partial charge in [-0.3, -0.25) is 14.2 Å². The molecule has 3 aromatic rings. The van der Waals surface area contributed by atoms with Gasteiger partial charge in [0.15, 0.2) is 11.6 Å². The SMILES string of the molecule is C=C(c1ccc(F)cc1)c1ccc(=O)n(-c2c(F)cc(CCC(=O)O)cc2F)c1N. The van der Waals surface area contributed by atoms with Crippen LogP contribution >= 0.6 is 0 Å². The Bertz CT molecular complexity index is 1180. The molecule has 0 saturated heterocycles. The first-order valence-corrected chi connectivity index (χ1v) is 8.86. The van der Waals surface area contributed by atoms with E-state index in [1.165, 1.54) is 30.3 Å². The number of nitrogens with zero attached hydrogens (tertiary/aromatic N) is 1. The number of aryl methyl sites for hydroxylation is 1. The van der Waals surface area contributed by atoms with Crippen LogP contribution in [0.3, 0.4) is 0 Å². The van der Waals surface area contributed by atoms with Crippen molar-refractivity contribution >= 4 is 17.4 Å². The van der Waals surface area contributed by atoms with E-state index in [9.17, 15) is 22.8 Å². The highest BCUT2D eigenvalue weighted by molar-refractivity contribution is 5.83. The van der Waals surface area contributed by atoms with E-state index >= 15 is 0 Å². The monoisotopic (exact) mass is 414 g/mol. The summed E-state index contributed by atoms with van der Waals surface area (Å²) in [6.07, 6.45) is -0.372. The molecule has 0 aliphatic heterocycles. The summed E-state index contributed by atoms with van der Waals surface area (Å²) in [5.74, 6) is -3.92. The second-order valence-electron chi connectivity index (χ2n) is 6.59. The number of hydrogen-bond acceptors (Lipinski definition) is 3. The molecule has 0 spiro atoms. The lowest BCUT2D eigenvalue weighted by Crippen LogP contribution is -2.24. The van der Waals surface area contributed by atoms with Gasteiger partial charge in [0, 0.05) is 18.1 Å². The van der Waals surface area contributed by atoms with Crippen molar-refractivity contribution in [1.29, 1.82) is 0 Å². The molecule has 154 valence electrons. The molecule has 0 bridgehead atoms. The number of halogens is 3. The number of carboxylic acids is 1. The largest absolute Gasteiger partial charge is 0.481 e. The van der Waals surface area contributed by atoms with E-state index in [1.807, 2.05) is 0 Å². The molecule has 0 aliphatic carbocycles. The summed E-state index contributed by atoms with van der Waals surface area (Å²) < 4.78 is 43.3. The van der Waals surface area contributed by atoms with Gasteiger partial charge in [0.1, 0.15) is 17.3 Å². The molecule has 3 N–H and O–H groups in total.